The second-order valence-electron chi connectivity index (χ2n) is 7.51. The summed E-state index contributed by atoms with van der Waals surface area (Å²) in [7, 11) is -3.66. The summed E-state index contributed by atoms with van der Waals surface area (Å²) in [5, 5.41) is 9.45. The number of rotatable bonds is 5. The highest BCUT2D eigenvalue weighted by atomic mass is 32.2. The highest BCUT2D eigenvalue weighted by Gasteiger charge is 2.31. The van der Waals surface area contributed by atoms with E-state index in [0.29, 0.717) is 50.8 Å². The molecule has 0 saturated carbocycles. The molecule has 2 fully saturated rings. The molecule has 0 aliphatic carbocycles. The molecule has 0 N–H and O–H groups in total. The number of carbonyl (C=O) groups is 1. The number of nitrogens with zero attached hydrogens (tertiary/aromatic N) is 7. The number of likely N-dealkylation sites (tertiary alicyclic amines) is 1. The Morgan fingerprint density at radius 3 is 2.44 bits per heavy atom. The first-order valence-corrected chi connectivity index (χ1v) is 12.6. The molecule has 2 saturated heterocycles. The highest BCUT2D eigenvalue weighted by Crippen LogP contribution is 2.30. The number of hydrogen-bond donors (Lipinski definition) is 0. The van der Waals surface area contributed by atoms with Gasteiger partial charge >= 0.3 is 11.8 Å². The van der Waals surface area contributed by atoms with Crippen LogP contribution in [-0.4, -0.2) is 83.0 Å². The summed E-state index contributed by atoms with van der Waals surface area (Å²) in [6.45, 7) is 3.05. The Kier molecular flexibility index (Phi) is 5.61. The standard InChI is InChI=1S/C19H21N7O4S2/c27-18(24-6-1-2-7-24)17-23-22-16(30-17)14-12-15(31-13-14)32(28,29)26-10-8-25(9-11-26)19-20-4-3-5-21-19/h3-5,12-13H,1-2,6-11H2. The van der Waals surface area contributed by atoms with Crippen molar-refractivity contribution in [2.24, 2.45) is 0 Å². The van der Waals surface area contributed by atoms with Crippen LogP contribution in [0.3, 0.4) is 0 Å². The first kappa shape index (κ1) is 21.0. The second-order valence-corrected chi connectivity index (χ2v) is 10.6. The van der Waals surface area contributed by atoms with Gasteiger partial charge in [-0.05, 0) is 25.0 Å². The summed E-state index contributed by atoms with van der Waals surface area (Å²) in [6, 6.07) is 3.26. The summed E-state index contributed by atoms with van der Waals surface area (Å²) >= 11 is 1.09. The fourth-order valence-electron chi connectivity index (χ4n) is 3.76. The fraction of sp³-hybridized carbons (Fsp3) is 0.421. The number of carbonyl (C=O) groups excluding carboxylic acids is 1. The minimum atomic E-state index is -3.66. The van der Waals surface area contributed by atoms with Crippen LogP contribution in [0.5, 0.6) is 0 Å². The van der Waals surface area contributed by atoms with Gasteiger partial charge in [0.2, 0.25) is 11.8 Å². The third-order valence-corrected chi connectivity index (χ3v) is 8.81. The summed E-state index contributed by atoms with van der Waals surface area (Å²) in [4.78, 5) is 24.5. The maximum absolute atomic E-state index is 13.1. The van der Waals surface area contributed by atoms with Crippen LogP contribution in [-0.2, 0) is 10.0 Å². The lowest BCUT2D eigenvalue weighted by Crippen LogP contribution is -2.49. The van der Waals surface area contributed by atoms with Gasteiger partial charge in [0.15, 0.2) is 0 Å². The van der Waals surface area contributed by atoms with Crippen LogP contribution in [0, 0.1) is 0 Å². The average molecular weight is 476 g/mol. The molecule has 0 bridgehead atoms. The minimum Gasteiger partial charge on any atom is -0.412 e. The van der Waals surface area contributed by atoms with Gasteiger partial charge in [-0.1, -0.05) is 0 Å². The largest absolute Gasteiger partial charge is 0.412 e. The normalized spacial score (nSPS) is 17.8. The van der Waals surface area contributed by atoms with Crippen molar-refractivity contribution < 1.29 is 17.6 Å². The molecule has 2 aliphatic rings. The topological polar surface area (TPSA) is 126 Å². The molecule has 0 aromatic carbocycles. The molecule has 5 rings (SSSR count). The number of piperazine rings is 1. The zero-order valence-electron chi connectivity index (χ0n) is 17.1. The first-order valence-electron chi connectivity index (χ1n) is 10.3. The number of amides is 1. The Hall–Kier alpha value is -2.90. The Labute approximate surface area is 188 Å². The Bertz CT molecular complexity index is 1200. The van der Waals surface area contributed by atoms with E-state index >= 15 is 0 Å². The lowest BCUT2D eigenvalue weighted by Gasteiger charge is -2.33. The maximum atomic E-state index is 13.1. The number of anilines is 1. The van der Waals surface area contributed by atoms with Gasteiger partial charge in [-0.25, -0.2) is 18.4 Å². The van der Waals surface area contributed by atoms with E-state index in [2.05, 4.69) is 20.2 Å². The Morgan fingerprint density at radius 2 is 1.72 bits per heavy atom. The quantitative estimate of drug-likeness (QED) is 0.537. The van der Waals surface area contributed by atoms with E-state index in [-0.39, 0.29) is 21.9 Å². The zero-order valence-corrected chi connectivity index (χ0v) is 18.8. The Balaban J connectivity index is 1.27. The van der Waals surface area contributed by atoms with Crippen molar-refractivity contribution in [1.29, 1.82) is 0 Å². The van der Waals surface area contributed by atoms with Gasteiger partial charge in [0.1, 0.15) is 4.21 Å². The number of aromatic nitrogens is 4. The number of sulfonamides is 1. The molecule has 0 spiro atoms. The van der Waals surface area contributed by atoms with Crippen molar-refractivity contribution in [1.82, 2.24) is 29.4 Å². The highest BCUT2D eigenvalue weighted by molar-refractivity contribution is 7.91. The lowest BCUT2D eigenvalue weighted by molar-refractivity contribution is 0.0754. The molecular weight excluding hydrogens is 454 g/mol. The molecule has 32 heavy (non-hydrogen) atoms. The molecule has 0 unspecified atom stereocenters. The summed E-state index contributed by atoms with van der Waals surface area (Å²) in [6.07, 6.45) is 5.26. The molecule has 168 valence electrons. The second kappa shape index (κ2) is 8.56. The van der Waals surface area contributed by atoms with E-state index in [1.165, 1.54) is 10.4 Å². The van der Waals surface area contributed by atoms with E-state index in [9.17, 15) is 13.2 Å². The first-order chi connectivity index (χ1) is 15.5. The lowest BCUT2D eigenvalue weighted by atomic mass is 10.3. The van der Waals surface area contributed by atoms with E-state index in [0.717, 1.165) is 24.2 Å². The third-order valence-electron chi connectivity index (χ3n) is 5.49. The van der Waals surface area contributed by atoms with Crippen molar-refractivity contribution in [2.45, 2.75) is 17.1 Å². The van der Waals surface area contributed by atoms with Crippen molar-refractivity contribution in [3.05, 3.63) is 35.8 Å². The number of thiophene rings is 1. The minimum absolute atomic E-state index is 0.0724. The molecule has 0 atom stereocenters. The van der Waals surface area contributed by atoms with Crippen LogP contribution >= 0.6 is 11.3 Å². The molecule has 3 aromatic rings. The van der Waals surface area contributed by atoms with Crippen LogP contribution in [0.1, 0.15) is 23.5 Å². The van der Waals surface area contributed by atoms with Crippen LogP contribution in [0.2, 0.25) is 0 Å². The van der Waals surface area contributed by atoms with E-state index in [1.807, 2.05) is 4.90 Å². The number of hydrogen-bond acceptors (Lipinski definition) is 10. The molecule has 13 heteroatoms. The van der Waals surface area contributed by atoms with Crippen LogP contribution in [0.4, 0.5) is 5.95 Å². The molecule has 1 amide bonds. The molecule has 3 aromatic heterocycles. The van der Waals surface area contributed by atoms with Crippen LogP contribution < -0.4 is 4.90 Å². The van der Waals surface area contributed by atoms with Crippen molar-refractivity contribution in [3.8, 4) is 11.5 Å². The van der Waals surface area contributed by atoms with Gasteiger partial charge in [0.25, 0.3) is 10.0 Å². The van der Waals surface area contributed by atoms with Crippen molar-refractivity contribution >= 4 is 33.2 Å². The predicted octanol–water partition coefficient (Wildman–Crippen LogP) is 1.33. The zero-order chi connectivity index (χ0) is 22.1. The smallest absolute Gasteiger partial charge is 0.311 e. The summed E-state index contributed by atoms with van der Waals surface area (Å²) in [5.41, 5.74) is 0.484. The third kappa shape index (κ3) is 3.98. The van der Waals surface area contributed by atoms with E-state index < -0.39 is 10.0 Å². The maximum Gasteiger partial charge on any atom is 0.311 e. The summed E-state index contributed by atoms with van der Waals surface area (Å²) < 4.78 is 33.4. The van der Waals surface area contributed by atoms with Gasteiger partial charge in [-0.3, -0.25) is 4.79 Å². The van der Waals surface area contributed by atoms with Crippen LogP contribution in [0.15, 0.2) is 38.5 Å². The van der Waals surface area contributed by atoms with Gasteiger partial charge in [-0.2, -0.15) is 4.31 Å². The molecular formula is C19H21N7O4S2. The predicted molar refractivity (Wildman–Crippen MR) is 116 cm³/mol. The summed E-state index contributed by atoms with van der Waals surface area (Å²) in [5.74, 6) is 0.372. The molecule has 5 heterocycles. The molecule has 0 radical (unpaired) electrons. The molecule has 11 nitrogen and oxygen atoms in total. The monoisotopic (exact) mass is 475 g/mol. The van der Waals surface area contributed by atoms with Crippen molar-refractivity contribution in [3.63, 3.8) is 0 Å². The van der Waals surface area contributed by atoms with Gasteiger partial charge in [-0.15, -0.1) is 21.5 Å². The SMILES string of the molecule is O=C(c1nnc(-c2csc(S(=O)(=O)N3CCN(c4ncccn4)CC3)c2)o1)N1CCCC1. The van der Waals surface area contributed by atoms with Gasteiger partial charge in [0, 0.05) is 57.0 Å². The molecule has 2 aliphatic heterocycles. The van der Waals surface area contributed by atoms with Crippen molar-refractivity contribution in [2.75, 3.05) is 44.2 Å². The average Bonchev–Trinajstić information content (AvgIpc) is 3.60. The Morgan fingerprint density at radius 1 is 1.00 bits per heavy atom. The van der Waals surface area contributed by atoms with Gasteiger partial charge < -0.3 is 14.2 Å². The van der Waals surface area contributed by atoms with Gasteiger partial charge in [0.05, 0.1) is 5.56 Å². The van der Waals surface area contributed by atoms with Crippen LogP contribution in [0.25, 0.3) is 11.5 Å². The van der Waals surface area contributed by atoms with E-state index in [1.54, 1.807) is 28.7 Å². The fourth-order valence-corrected chi connectivity index (χ4v) is 6.48. The van der Waals surface area contributed by atoms with E-state index in [4.69, 9.17) is 4.42 Å².